The summed E-state index contributed by atoms with van der Waals surface area (Å²) < 4.78 is 14.2. The number of carbonyl (C=O) groups is 4. The van der Waals surface area contributed by atoms with Crippen LogP contribution in [0.5, 0.6) is 0 Å². The molecule has 48 heavy (non-hydrogen) atoms. The molecule has 1 saturated carbocycles. The van der Waals surface area contributed by atoms with Gasteiger partial charge in [0.1, 0.15) is 18.1 Å². The zero-order valence-corrected chi connectivity index (χ0v) is 29.5. The van der Waals surface area contributed by atoms with Crippen molar-refractivity contribution in [1.29, 1.82) is 5.26 Å². The Hall–Kier alpha value is -4.79. The molecule has 1 saturated heterocycles. The van der Waals surface area contributed by atoms with Crippen LogP contribution in [0.25, 0.3) is 0 Å². The molecule has 3 amide bonds. The Kier molecular flexibility index (Phi) is 17.6. The van der Waals surface area contributed by atoms with E-state index >= 15 is 0 Å². The summed E-state index contributed by atoms with van der Waals surface area (Å²) in [7, 11) is 3.50. The molecule has 12 heteroatoms. The maximum absolute atomic E-state index is 14.2. The van der Waals surface area contributed by atoms with Crippen molar-refractivity contribution in [2.24, 2.45) is 16.3 Å². The Morgan fingerprint density at radius 1 is 1.17 bits per heavy atom. The molecule has 5 N–H and O–H groups in total. The number of nitrogens with one attached hydrogen (secondary N) is 3. The Morgan fingerprint density at radius 2 is 1.77 bits per heavy atom. The first-order valence-electron chi connectivity index (χ1n) is 16.0. The van der Waals surface area contributed by atoms with Crippen molar-refractivity contribution in [1.82, 2.24) is 15.5 Å². The number of nitriles is 1. The van der Waals surface area contributed by atoms with Crippen LogP contribution in [0.1, 0.15) is 81.8 Å². The van der Waals surface area contributed by atoms with Gasteiger partial charge < -0.3 is 31.4 Å². The van der Waals surface area contributed by atoms with Gasteiger partial charge in [0, 0.05) is 62.0 Å². The van der Waals surface area contributed by atoms with Crippen molar-refractivity contribution in [3.63, 3.8) is 0 Å². The van der Waals surface area contributed by atoms with Gasteiger partial charge in [-0.3, -0.25) is 19.4 Å². The molecule has 0 radical (unpaired) electrons. The molecule has 2 aromatic rings. The second kappa shape index (κ2) is 20.4. The van der Waals surface area contributed by atoms with Crippen LogP contribution < -0.4 is 21.7 Å². The minimum atomic E-state index is -0.711. The molecule has 2 fully saturated rings. The van der Waals surface area contributed by atoms with Gasteiger partial charge >= 0.3 is 0 Å². The van der Waals surface area contributed by atoms with Gasteiger partial charge in [-0.1, -0.05) is 45.9 Å². The third-order valence-electron chi connectivity index (χ3n) is 6.78. The Balaban J connectivity index is 0.000000521. The fraction of sp³-hybridized carbons (Fsp3) is 0.500. The van der Waals surface area contributed by atoms with E-state index in [2.05, 4.69) is 67.7 Å². The molecule has 2 aromatic carbocycles. The van der Waals surface area contributed by atoms with Crippen LogP contribution in [0, 0.1) is 35.4 Å². The molecular weight excluding hydrogens is 613 g/mol. The van der Waals surface area contributed by atoms with Gasteiger partial charge in [-0.05, 0) is 62.3 Å². The molecule has 0 aromatic heterocycles. The average Bonchev–Trinajstić information content (AvgIpc) is 3.77. The smallest absolute Gasteiger partial charge is 0.251 e. The van der Waals surface area contributed by atoms with Gasteiger partial charge in [-0.2, -0.15) is 5.26 Å². The van der Waals surface area contributed by atoms with E-state index in [1.807, 2.05) is 25.2 Å². The molecule has 1 aliphatic carbocycles. The quantitative estimate of drug-likeness (QED) is 0.168. The number of anilines is 2. The second-order valence-corrected chi connectivity index (χ2v) is 13.3. The number of aliphatic imine (C=N–C) groups is 1. The molecule has 3 atom stereocenters. The van der Waals surface area contributed by atoms with E-state index in [-0.39, 0.29) is 42.1 Å². The van der Waals surface area contributed by atoms with Gasteiger partial charge in [-0.15, -0.1) is 0 Å². The van der Waals surface area contributed by atoms with E-state index in [9.17, 15) is 24.0 Å². The van der Waals surface area contributed by atoms with Gasteiger partial charge in [-0.25, -0.2) is 4.39 Å². The maximum Gasteiger partial charge on any atom is 0.251 e. The Labute approximate surface area is 284 Å². The lowest BCUT2D eigenvalue weighted by molar-refractivity contribution is -0.131. The number of halogens is 1. The van der Waals surface area contributed by atoms with Gasteiger partial charge in [0.15, 0.2) is 0 Å². The van der Waals surface area contributed by atoms with Gasteiger partial charge in [0.25, 0.3) is 5.91 Å². The molecule has 1 heterocycles. The number of rotatable bonds is 9. The first kappa shape index (κ1) is 41.2. The fourth-order valence-corrected chi connectivity index (χ4v) is 4.24. The standard InChI is InChI=1S/C21H24FN5O3.C8H11N.C5H12.C2H5NO/c1-12(4-19(29)27-10-13(11-28)5-17(27)8-23)26-21(30)14-6-15(9-25-16-2-3-16)20(24)18(22)7-14;1-7-5-3-4-6-8(7)9-2;1-5(2,3)4;1-3-2-4/h6-7,9,11-13,16-17H,2-5,10,24H2,1H3,(H,26,30);3-6,9H,1-2H3;1-4H3;2H,1H3,(H,3,4). The molecule has 3 unspecified atom stereocenters. The highest BCUT2D eigenvalue weighted by Crippen LogP contribution is 2.25. The molecule has 0 bridgehead atoms. The summed E-state index contributed by atoms with van der Waals surface area (Å²) in [5.41, 5.74) is 9.09. The zero-order valence-electron chi connectivity index (χ0n) is 29.5. The van der Waals surface area contributed by atoms with Crippen molar-refractivity contribution in [3.05, 3.63) is 58.9 Å². The zero-order chi connectivity index (χ0) is 36.4. The number of hydrogen-bond acceptors (Lipinski definition) is 8. The van der Waals surface area contributed by atoms with E-state index in [0.717, 1.165) is 25.2 Å². The van der Waals surface area contributed by atoms with Crippen LogP contribution in [0.2, 0.25) is 0 Å². The number of likely N-dealkylation sites (tertiary alicyclic amines) is 1. The van der Waals surface area contributed by atoms with E-state index in [1.54, 1.807) is 14.0 Å². The van der Waals surface area contributed by atoms with Crippen molar-refractivity contribution in [2.45, 2.75) is 85.4 Å². The lowest BCUT2D eigenvalue weighted by Gasteiger charge is -2.22. The monoisotopic (exact) mass is 665 g/mol. The Morgan fingerprint density at radius 3 is 2.25 bits per heavy atom. The number of amides is 3. The van der Waals surface area contributed by atoms with E-state index in [0.29, 0.717) is 23.8 Å². The van der Waals surface area contributed by atoms with Crippen LogP contribution >= 0.6 is 0 Å². The molecule has 11 nitrogen and oxygen atoms in total. The van der Waals surface area contributed by atoms with Gasteiger partial charge in [0.05, 0.1) is 17.8 Å². The van der Waals surface area contributed by atoms with Gasteiger partial charge in [0.2, 0.25) is 12.3 Å². The maximum atomic E-state index is 14.2. The average molecular weight is 666 g/mol. The number of aryl methyl sites for hydroxylation is 1. The highest BCUT2D eigenvalue weighted by Gasteiger charge is 2.35. The summed E-state index contributed by atoms with van der Waals surface area (Å²) in [5.74, 6) is -1.92. The number of benzene rings is 2. The number of nitrogens with two attached hydrogens (primary N) is 1. The highest BCUT2D eigenvalue weighted by atomic mass is 19.1. The predicted octanol–water partition coefficient (Wildman–Crippen LogP) is 4.89. The van der Waals surface area contributed by atoms with Crippen LogP contribution in [-0.2, 0) is 14.4 Å². The number of carbonyl (C=O) groups excluding carboxylic acids is 4. The third-order valence-corrected chi connectivity index (χ3v) is 6.78. The summed E-state index contributed by atoms with van der Waals surface area (Å²) in [4.78, 5) is 50.8. The van der Waals surface area contributed by atoms with E-state index in [4.69, 9.17) is 10.5 Å². The number of nitrogens with zero attached hydrogens (tertiary/aromatic N) is 3. The largest absolute Gasteiger partial charge is 0.396 e. The van der Waals surface area contributed by atoms with Crippen LogP contribution in [0.3, 0.4) is 0 Å². The summed E-state index contributed by atoms with van der Waals surface area (Å²) in [6.07, 6.45) is 5.12. The minimum Gasteiger partial charge on any atom is -0.396 e. The summed E-state index contributed by atoms with van der Waals surface area (Å²) in [6, 6.07) is 11.8. The lowest BCUT2D eigenvalue weighted by atomic mass is 10.0. The number of aldehydes is 1. The number of nitrogen functional groups attached to an aromatic ring is 1. The summed E-state index contributed by atoms with van der Waals surface area (Å²) in [6.45, 7) is 12.7. The van der Waals surface area contributed by atoms with Crippen molar-refractivity contribution >= 4 is 42.1 Å². The molecule has 262 valence electrons. The van der Waals surface area contributed by atoms with Crippen molar-refractivity contribution < 1.29 is 23.6 Å². The molecule has 4 rings (SSSR count). The fourth-order valence-electron chi connectivity index (χ4n) is 4.24. The first-order chi connectivity index (χ1) is 22.6. The SMILES string of the molecule is CC(C)(C)C.CC(CC(=O)N1CC(C=O)CC1C#N)NC(=O)c1cc(F)c(N)c(C=NC2CC2)c1.CNC=O.CNc1ccccc1C. The number of para-hydroxylation sites is 1. The van der Waals surface area contributed by atoms with Crippen molar-refractivity contribution in [3.8, 4) is 6.07 Å². The highest BCUT2D eigenvalue weighted by molar-refractivity contribution is 5.98. The lowest BCUT2D eigenvalue weighted by Crippen LogP contribution is -2.41. The minimum absolute atomic E-state index is 0.0387. The number of hydrogen-bond donors (Lipinski definition) is 4. The van der Waals surface area contributed by atoms with Crippen LogP contribution in [-0.4, -0.2) is 74.4 Å². The van der Waals surface area contributed by atoms with Crippen molar-refractivity contribution in [2.75, 3.05) is 31.7 Å². The van der Waals surface area contributed by atoms with Crippen LogP contribution in [0.15, 0.2) is 41.4 Å². The van der Waals surface area contributed by atoms with E-state index < -0.39 is 23.8 Å². The normalized spacial score (nSPS) is 17.1. The van der Waals surface area contributed by atoms with E-state index in [1.165, 1.54) is 28.4 Å². The summed E-state index contributed by atoms with van der Waals surface area (Å²) in [5, 5.41) is 17.2. The topological polar surface area (TPSA) is 170 Å². The predicted molar refractivity (Wildman–Crippen MR) is 189 cm³/mol. The molecule has 2 aliphatic rings. The second-order valence-electron chi connectivity index (χ2n) is 13.3. The first-order valence-corrected chi connectivity index (χ1v) is 16.0. The van der Waals surface area contributed by atoms with Crippen LogP contribution in [0.4, 0.5) is 15.8 Å². The molecule has 0 spiro atoms. The molecule has 1 aliphatic heterocycles. The molecular formula is C36H52FN7O4. The Bertz CT molecular complexity index is 1420. The third kappa shape index (κ3) is 15.7. The summed E-state index contributed by atoms with van der Waals surface area (Å²) >= 11 is 0.